The molecule has 0 saturated carbocycles. The van der Waals surface area contributed by atoms with E-state index in [0.717, 1.165) is 38.3 Å². The van der Waals surface area contributed by atoms with Gasteiger partial charge in [-0.25, -0.2) is 4.79 Å². The lowest BCUT2D eigenvalue weighted by Crippen LogP contribution is -2.29. The minimum Gasteiger partial charge on any atom is -0.478 e. The highest BCUT2D eigenvalue weighted by Crippen LogP contribution is 2.11. The number of carboxylic acids is 1. The zero-order valence-electron chi connectivity index (χ0n) is 10.0. The molecule has 0 bridgehead atoms. The SMILES string of the molecule is Cn1ncc(C(=O)O)c1CN1CCCNCC1. The average molecular weight is 238 g/mol. The lowest BCUT2D eigenvalue weighted by Gasteiger charge is -2.19. The molecule has 2 rings (SSSR count). The minimum absolute atomic E-state index is 0.310. The molecule has 17 heavy (non-hydrogen) atoms. The zero-order valence-corrected chi connectivity index (χ0v) is 10.0. The van der Waals surface area contributed by atoms with E-state index in [1.54, 1.807) is 11.7 Å². The van der Waals surface area contributed by atoms with Gasteiger partial charge in [0.2, 0.25) is 0 Å². The fraction of sp³-hybridized carbons (Fsp3) is 0.636. The van der Waals surface area contributed by atoms with Gasteiger partial charge in [-0.3, -0.25) is 9.58 Å². The number of hydrogen-bond acceptors (Lipinski definition) is 4. The van der Waals surface area contributed by atoms with Gasteiger partial charge >= 0.3 is 5.97 Å². The third kappa shape index (κ3) is 2.83. The van der Waals surface area contributed by atoms with Crippen molar-refractivity contribution >= 4 is 5.97 Å². The van der Waals surface area contributed by atoms with Crippen molar-refractivity contribution in [2.24, 2.45) is 7.05 Å². The van der Waals surface area contributed by atoms with Gasteiger partial charge in [-0.05, 0) is 19.5 Å². The predicted octanol–water partition coefficient (Wildman–Crippen LogP) is -0.0864. The molecule has 1 aromatic heterocycles. The molecule has 0 atom stereocenters. The molecule has 0 unspecified atom stereocenters. The van der Waals surface area contributed by atoms with Crippen molar-refractivity contribution in [1.29, 1.82) is 0 Å². The number of aromatic nitrogens is 2. The van der Waals surface area contributed by atoms with Crippen molar-refractivity contribution in [3.05, 3.63) is 17.5 Å². The highest BCUT2D eigenvalue weighted by molar-refractivity contribution is 5.88. The topological polar surface area (TPSA) is 70.4 Å². The molecule has 2 N–H and O–H groups in total. The molecular weight excluding hydrogens is 220 g/mol. The number of hydrogen-bond donors (Lipinski definition) is 2. The molecule has 1 aromatic rings. The van der Waals surface area contributed by atoms with Gasteiger partial charge in [-0.15, -0.1) is 0 Å². The molecule has 0 aromatic carbocycles. The lowest BCUT2D eigenvalue weighted by molar-refractivity contribution is 0.0694. The summed E-state index contributed by atoms with van der Waals surface area (Å²) in [6.07, 6.45) is 2.52. The van der Waals surface area contributed by atoms with Crippen molar-refractivity contribution < 1.29 is 9.90 Å². The standard InChI is InChI=1S/C11H18N4O2/c1-14-10(9(7-13-14)11(16)17)8-15-5-2-3-12-4-6-15/h7,12H,2-6,8H2,1H3,(H,16,17). The van der Waals surface area contributed by atoms with Crippen LogP contribution in [0, 0.1) is 0 Å². The Kier molecular flexibility index (Phi) is 3.75. The number of nitrogens with zero attached hydrogens (tertiary/aromatic N) is 3. The van der Waals surface area contributed by atoms with E-state index in [1.807, 2.05) is 0 Å². The van der Waals surface area contributed by atoms with E-state index in [9.17, 15) is 4.79 Å². The highest BCUT2D eigenvalue weighted by Gasteiger charge is 2.18. The summed E-state index contributed by atoms with van der Waals surface area (Å²) in [5, 5.41) is 16.4. The van der Waals surface area contributed by atoms with E-state index in [4.69, 9.17) is 5.11 Å². The monoisotopic (exact) mass is 238 g/mol. The maximum atomic E-state index is 11.1. The molecule has 0 radical (unpaired) electrons. The van der Waals surface area contributed by atoms with Crippen molar-refractivity contribution in [2.45, 2.75) is 13.0 Å². The first-order chi connectivity index (χ1) is 8.18. The quantitative estimate of drug-likeness (QED) is 0.770. The highest BCUT2D eigenvalue weighted by atomic mass is 16.4. The van der Waals surface area contributed by atoms with Crippen molar-refractivity contribution in [2.75, 3.05) is 26.2 Å². The smallest absolute Gasteiger partial charge is 0.339 e. The van der Waals surface area contributed by atoms with Crippen LogP contribution in [-0.2, 0) is 13.6 Å². The Balaban J connectivity index is 2.11. The molecule has 1 aliphatic rings. The van der Waals surface area contributed by atoms with Crippen LogP contribution >= 0.6 is 0 Å². The van der Waals surface area contributed by atoms with Crippen molar-refractivity contribution in [3.63, 3.8) is 0 Å². The summed E-state index contributed by atoms with van der Waals surface area (Å²) in [5.74, 6) is -0.902. The first-order valence-corrected chi connectivity index (χ1v) is 5.85. The van der Waals surface area contributed by atoms with E-state index in [0.29, 0.717) is 12.1 Å². The summed E-state index contributed by atoms with van der Waals surface area (Å²) in [4.78, 5) is 13.3. The van der Waals surface area contributed by atoms with Crippen LogP contribution in [0.5, 0.6) is 0 Å². The molecule has 0 aliphatic carbocycles. The molecular formula is C11H18N4O2. The zero-order chi connectivity index (χ0) is 12.3. The largest absolute Gasteiger partial charge is 0.478 e. The minimum atomic E-state index is -0.902. The Morgan fingerprint density at radius 2 is 2.35 bits per heavy atom. The summed E-state index contributed by atoms with van der Waals surface area (Å²) in [7, 11) is 1.79. The van der Waals surface area contributed by atoms with Crippen LogP contribution in [0.2, 0.25) is 0 Å². The number of aryl methyl sites for hydroxylation is 1. The predicted molar refractivity (Wildman–Crippen MR) is 62.9 cm³/mol. The van der Waals surface area contributed by atoms with E-state index < -0.39 is 5.97 Å². The molecule has 1 saturated heterocycles. The molecule has 6 nitrogen and oxygen atoms in total. The van der Waals surface area contributed by atoms with Crippen LogP contribution < -0.4 is 5.32 Å². The van der Waals surface area contributed by atoms with Gasteiger partial charge in [0.05, 0.1) is 11.9 Å². The van der Waals surface area contributed by atoms with E-state index >= 15 is 0 Å². The Bertz CT molecular complexity index is 394. The summed E-state index contributed by atoms with van der Waals surface area (Å²) in [6.45, 7) is 4.59. The fourth-order valence-corrected chi connectivity index (χ4v) is 2.10. The normalized spacial score (nSPS) is 17.9. The van der Waals surface area contributed by atoms with Crippen LogP contribution in [0.25, 0.3) is 0 Å². The molecule has 2 heterocycles. The maximum Gasteiger partial charge on any atom is 0.339 e. The fourth-order valence-electron chi connectivity index (χ4n) is 2.10. The Labute approximate surface area is 100 Å². The molecule has 6 heteroatoms. The molecule has 94 valence electrons. The van der Waals surface area contributed by atoms with Crippen LogP contribution in [0.15, 0.2) is 6.20 Å². The van der Waals surface area contributed by atoms with Crippen LogP contribution in [0.3, 0.4) is 0 Å². The van der Waals surface area contributed by atoms with Gasteiger partial charge in [-0.2, -0.15) is 5.10 Å². The number of carboxylic acid groups (broad SMARTS) is 1. The van der Waals surface area contributed by atoms with E-state index in [-0.39, 0.29) is 0 Å². The second-order valence-corrected chi connectivity index (χ2v) is 4.31. The number of carbonyl (C=O) groups is 1. The second kappa shape index (κ2) is 5.29. The summed E-state index contributed by atoms with van der Waals surface area (Å²) < 4.78 is 1.65. The number of rotatable bonds is 3. The number of nitrogens with one attached hydrogen (secondary N) is 1. The first-order valence-electron chi connectivity index (χ1n) is 5.85. The molecule has 0 spiro atoms. The van der Waals surface area contributed by atoms with Gasteiger partial charge in [0.1, 0.15) is 5.56 Å². The Morgan fingerprint density at radius 1 is 1.53 bits per heavy atom. The van der Waals surface area contributed by atoms with Crippen LogP contribution in [-0.4, -0.2) is 51.9 Å². The van der Waals surface area contributed by atoms with Gasteiger partial charge in [0.25, 0.3) is 0 Å². The van der Waals surface area contributed by atoms with Gasteiger partial charge in [0.15, 0.2) is 0 Å². The van der Waals surface area contributed by atoms with Gasteiger partial charge in [0, 0.05) is 26.7 Å². The third-order valence-electron chi connectivity index (χ3n) is 3.10. The molecule has 1 aliphatic heterocycles. The van der Waals surface area contributed by atoms with Crippen LogP contribution in [0.1, 0.15) is 22.5 Å². The molecule has 0 amide bonds. The first kappa shape index (κ1) is 12.1. The van der Waals surface area contributed by atoms with E-state index in [1.165, 1.54) is 6.20 Å². The Morgan fingerprint density at radius 3 is 3.12 bits per heavy atom. The Hall–Kier alpha value is -1.40. The van der Waals surface area contributed by atoms with Crippen molar-refractivity contribution in [1.82, 2.24) is 20.0 Å². The third-order valence-corrected chi connectivity index (χ3v) is 3.10. The average Bonchev–Trinajstić information content (AvgIpc) is 2.52. The van der Waals surface area contributed by atoms with Gasteiger partial charge < -0.3 is 10.4 Å². The number of aromatic carboxylic acids is 1. The van der Waals surface area contributed by atoms with Gasteiger partial charge in [-0.1, -0.05) is 0 Å². The molecule has 1 fully saturated rings. The second-order valence-electron chi connectivity index (χ2n) is 4.31. The summed E-state index contributed by atoms with van der Waals surface area (Å²) in [5.41, 5.74) is 1.09. The lowest BCUT2D eigenvalue weighted by atomic mass is 10.2. The summed E-state index contributed by atoms with van der Waals surface area (Å²) >= 11 is 0. The van der Waals surface area contributed by atoms with E-state index in [2.05, 4.69) is 15.3 Å². The summed E-state index contributed by atoms with van der Waals surface area (Å²) in [6, 6.07) is 0. The van der Waals surface area contributed by atoms with Crippen molar-refractivity contribution in [3.8, 4) is 0 Å². The maximum absolute atomic E-state index is 11.1. The van der Waals surface area contributed by atoms with Crippen LogP contribution in [0.4, 0.5) is 0 Å².